The van der Waals surface area contributed by atoms with Crippen LogP contribution in [-0.2, 0) is 9.53 Å². The van der Waals surface area contributed by atoms with Crippen LogP contribution in [0.15, 0.2) is 48.5 Å². The number of nitro groups is 1. The molecule has 2 aromatic carbocycles. The minimum atomic E-state index is -0.782. The third-order valence-corrected chi connectivity index (χ3v) is 6.43. The fourth-order valence-corrected chi connectivity index (χ4v) is 4.35. The number of benzene rings is 2. The number of esters is 1. The van der Waals surface area contributed by atoms with Gasteiger partial charge in [-0.05, 0) is 50.8 Å². The molecular formula is C26H29N5O5. The van der Waals surface area contributed by atoms with Crippen molar-refractivity contribution >= 4 is 28.9 Å². The maximum absolute atomic E-state index is 13.0. The van der Waals surface area contributed by atoms with Gasteiger partial charge in [-0.2, -0.15) is 5.10 Å². The van der Waals surface area contributed by atoms with Gasteiger partial charge in [0.25, 0.3) is 11.6 Å². The third kappa shape index (κ3) is 5.37. The van der Waals surface area contributed by atoms with Gasteiger partial charge in [0.1, 0.15) is 0 Å². The second-order valence-corrected chi connectivity index (χ2v) is 9.05. The van der Waals surface area contributed by atoms with E-state index in [-0.39, 0.29) is 11.3 Å². The fourth-order valence-electron chi connectivity index (χ4n) is 4.35. The molecule has 1 aliphatic heterocycles. The molecule has 2 heterocycles. The van der Waals surface area contributed by atoms with Crippen molar-refractivity contribution in [3.8, 4) is 5.69 Å². The normalized spacial score (nSPS) is 13.9. The zero-order valence-corrected chi connectivity index (χ0v) is 20.6. The molecule has 1 aliphatic rings. The Labute approximate surface area is 209 Å². The molecule has 0 radical (unpaired) electrons. The number of carbonyl (C=O) groups is 2. The fraction of sp³-hybridized carbons (Fsp3) is 0.346. The molecule has 3 aromatic rings. The summed E-state index contributed by atoms with van der Waals surface area (Å²) >= 11 is 0. The summed E-state index contributed by atoms with van der Waals surface area (Å²) in [6.07, 6.45) is 1.92. The van der Waals surface area contributed by atoms with Crippen LogP contribution in [0, 0.1) is 29.9 Å². The first-order valence-electron chi connectivity index (χ1n) is 11.9. The minimum Gasteiger partial charge on any atom is -0.452 e. The molecule has 1 N–H and O–H groups in total. The third-order valence-electron chi connectivity index (χ3n) is 6.43. The van der Waals surface area contributed by atoms with Crippen molar-refractivity contribution in [1.29, 1.82) is 0 Å². The Balaban J connectivity index is 1.47. The van der Waals surface area contributed by atoms with E-state index in [0.29, 0.717) is 23.0 Å². The Morgan fingerprint density at radius 1 is 1.14 bits per heavy atom. The SMILES string of the molecule is Cc1nn(-c2ccccc2)c(C)c1NC(=O)COC(=O)c1cc([N+](=O)[O-])ccc1N1CCC(C)CC1. The van der Waals surface area contributed by atoms with Crippen LogP contribution in [0.2, 0.25) is 0 Å². The number of rotatable bonds is 7. The second-order valence-electron chi connectivity index (χ2n) is 9.05. The molecule has 0 saturated carbocycles. The smallest absolute Gasteiger partial charge is 0.341 e. The van der Waals surface area contributed by atoms with Crippen molar-refractivity contribution in [1.82, 2.24) is 9.78 Å². The maximum Gasteiger partial charge on any atom is 0.341 e. The number of para-hydroxylation sites is 1. The number of ether oxygens (including phenoxy) is 1. The van der Waals surface area contributed by atoms with E-state index < -0.39 is 23.4 Å². The molecule has 36 heavy (non-hydrogen) atoms. The number of amides is 1. The van der Waals surface area contributed by atoms with Crippen LogP contribution in [-0.4, -0.2) is 46.3 Å². The minimum absolute atomic E-state index is 0.0795. The van der Waals surface area contributed by atoms with E-state index in [2.05, 4.69) is 17.3 Å². The van der Waals surface area contributed by atoms with Gasteiger partial charge in [-0.15, -0.1) is 0 Å². The first-order chi connectivity index (χ1) is 17.2. The molecule has 0 aliphatic carbocycles. The van der Waals surface area contributed by atoms with Gasteiger partial charge in [0.15, 0.2) is 6.61 Å². The molecule has 4 rings (SSSR count). The van der Waals surface area contributed by atoms with Gasteiger partial charge in [-0.1, -0.05) is 25.1 Å². The molecule has 1 fully saturated rings. The number of hydrogen-bond donors (Lipinski definition) is 1. The lowest BCUT2D eigenvalue weighted by Crippen LogP contribution is -2.34. The summed E-state index contributed by atoms with van der Waals surface area (Å²) in [4.78, 5) is 38.4. The number of aryl methyl sites for hydroxylation is 1. The number of nitrogens with one attached hydrogen (secondary N) is 1. The lowest BCUT2D eigenvalue weighted by atomic mass is 9.98. The van der Waals surface area contributed by atoms with E-state index in [4.69, 9.17) is 4.74 Å². The highest BCUT2D eigenvalue weighted by molar-refractivity contribution is 5.99. The van der Waals surface area contributed by atoms with Crippen molar-refractivity contribution in [3.63, 3.8) is 0 Å². The Kier molecular flexibility index (Phi) is 7.33. The van der Waals surface area contributed by atoms with E-state index >= 15 is 0 Å². The van der Waals surface area contributed by atoms with E-state index in [1.165, 1.54) is 12.1 Å². The molecule has 1 aromatic heterocycles. The molecule has 188 valence electrons. The topological polar surface area (TPSA) is 120 Å². The van der Waals surface area contributed by atoms with Gasteiger partial charge >= 0.3 is 5.97 Å². The largest absolute Gasteiger partial charge is 0.452 e. The van der Waals surface area contributed by atoms with E-state index in [0.717, 1.165) is 37.3 Å². The summed E-state index contributed by atoms with van der Waals surface area (Å²) in [5.41, 5.74) is 3.20. The lowest BCUT2D eigenvalue weighted by Gasteiger charge is -2.33. The van der Waals surface area contributed by atoms with Crippen LogP contribution in [0.1, 0.15) is 41.5 Å². The highest BCUT2D eigenvalue weighted by Crippen LogP contribution is 2.30. The predicted octanol–water partition coefficient (Wildman–Crippen LogP) is 4.43. The number of piperidine rings is 1. The first-order valence-corrected chi connectivity index (χ1v) is 11.9. The number of aromatic nitrogens is 2. The Hall–Kier alpha value is -4.21. The van der Waals surface area contributed by atoms with Crippen molar-refractivity contribution in [2.75, 3.05) is 29.9 Å². The van der Waals surface area contributed by atoms with Crippen LogP contribution >= 0.6 is 0 Å². The molecule has 0 atom stereocenters. The Morgan fingerprint density at radius 3 is 2.50 bits per heavy atom. The summed E-state index contributed by atoms with van der Waals surface area (Å²) in [6.45, 7) is 6.74. The number of hydrogen-bond acceptors (Lipinski definition) is 7. The first kappa shape index (κ1) is 24.9. The van der Waals surface area contributed by atoms with E-state index in [1.54, 1.807) is 17.7 Å². The highest BCUT2D eigenvalue weighted by atomic mass is 16.6. The molecule has 0 unspecified atom stereocenters. The van der Waals surface area contributed by atoms with Crippen LogP contribution in [0.5, 0.6) is 0 Å². The monoisotopic (exact) mass is 491 g/mol. The molecule has 0 bridgehead atoms. The zero-order valence-electron chi connectivity index (χ0n) is 20.6. The van der Waals surface area contributed by atoms with Gasteiger partial charge in [-0.25, -0.2) is 9.48 Å². The molecule has 0 spiro atoms. The standard InChI is InChI=1S/C26H29N5O5/c1-17-11-13-29(14-12-17)23-10-9-21(31(34)35)15-22(23)26(33)36-16-24(32)27-25-18(2)28-30(19(25)3)20-7-5-4-6-8-20/h4-10,15,17H,11-14,16H2,1-3H3,(H,27,32). The molecule has 1 saturated heterocycles. The summed E-state index contributed by atoms with van der Waals surface area (Å²) in [5.74, 6) is -0.728. The van der Waals surface area contributed by atoms with Gasteiger partial charge < -0.3 is 15.0 Å². The van der Waals surface area contributed by atoms with Crippen molar-refractivity contribution in [2.24, 2.45) is 5.92 Å². The van der Waals surface area contributed by atoms with Crippen molar-refractivity contribution in [3.05, 3.63) is 75.6 Å². The highest BCUT2D eigenvalue weighted by Gasteiger charge is 2.25. The summed E-state index contributed by atoms with van der Waals surface area (Å²) in [6, 6.07) is 13.7. The Morgan fingerprint density at radius 2 is 1.83 bits per heavy atom. The average Bonchev–Trinajstić information content (AvgIpc) is 3.16. The molecule has 10 heteroatoms. The molecule has 1 amide bonds. The summed E-state index contributed by atoms with van der Waals surface area (Å²) < 4.78 is 7.02. The van der Waals surface area contributed by atoms with Crippen LogP contribution in [0.4, 0.5) is 17.1 Å². The quantitative estimate of drug-likeness (QED) is 0.295. The number of non-ortho nitro benzene ring substituents is 1. The number of anilines is 2. The number of nitrogens with zero attached hydrogens (tertiary/aromatic N) is 4. The van der Waals surface area contributed by atoms with Crippen LogP contribution in [0.3, 0.4) is 0 Å². The van der Waals surface area contributed by atoms with Gasteiger partial charge in [0.2, 0.25) is 0 Å². The number of carbonyl (C=O) groups excluding carboxylic acids is 2. The van der Waals surface area contributed by atoms with Gasteiger partial charge in [0.05, 0.1) is 38.9 Å². The summed E-state index contributed by atoms with van der Waals surface area (Å²) in [5, 5.41) is 18.6. The van der Waals surface area contributed by atoms with Crippen molar-refractivity contribution in [2.45, 2.75) is 33.6 Å². The van der Waals surface area contributed by atoms with E-state index in [1.807, 2.05) is 42.2 Å². The lowest BCUT2D eigenvalue weighted by molar-refractivity contribution is -0.384. The maximum atomic E-state index is 13.0. The zero-order chi connectivity index (χ0) is 25.8. The van der Waals surface area contributed by atoms with Crippen LogP contribution in [0.25, 0.3) is 5.69 Å². The summed E-state index contributed by atoms with van der Waals surface area (Å²) in [7, 11) is 0. The van der Waals surface area contributed by atoms with Gasteiger partial charge in [-0.3, -0.25) is 14.9 Å². The average molecular weight is 492 g/mol. The molecular weight excluding hydrogens is 462 g/mol. The number of nitro benzene ring substituents is 1. The second kappa shape index (κ2) is 10.6. The van der Waals surface area contributed by atoms with Crippen molar-refractivity contribution < 1.29 is 19.2 Å². The Bertz CT molecular complexity index is 1280. The van der Waals surface area contributed by atoms with E-state index in [9.17, 15) is 19.7 Å². The molecule has 10 nitrogen and oxygen atoms in total. The predicted molar refractivity (Wildman–Crippen MR) is 136 cm³/mol. The van der Waals surface area contributed by atoms with Crippen LogP contribution < -0.4 is 10.2 Å². The van der Waals surface area contributed by atoms with Gasteiger partial charge in [0, 0.05) is 25.2 Å².